The van der Waals surface area contributed by atoms with Crippen molar-refractivity contribution < 1.29 is 68.5 Å². The van der Waals surface area contributed by atoms with Crippen LogP contribution < -0.4 is 51.4 Å². The van der Waals surface area contributed by atoms with E-state index >= 15 is 0 Å². The summed E-state index contributed by atoms with van der Waals surface area (Å²) in [4.78, 5) is 0. The van der Waals surface area contributed by atoms with Crippen LogP contribution in [0.15, 0.2) is 12.2 Å². The molecule has 0 aromatic heterocycles. The number of rotatable bonds is 39. The minimum atomic E-state index is -4.63. The van der Waals surface area contributed by atoms with Crippen molar-refractivity contribution in [1.29, 1.82) is 0 Å². The van der Waals surface area contributed by atoms with E-state index in [1.165, 1.54) is 205 Å². The van der Waals surface area contributed by atoms with Gasteiger partial charge in [0.25, 0.3) is 0 Å². The maximum absolute atomic E-state index is 11.0. The molecular formula is C41H81KO4S. The van der Waals surface area contributed by atoms with E-state index in [4.69, 9.17) is 0 Å². The van der Waals surface area contributed by atoms with Gasteiger partial charge in [0.05, 0.1) is 6.61 Å². The number of allylic oxidation sites excluding steroid dienone is 1. The largest absolute Gasteiger partial charge is 1.00 e. The molecule has 0 radical (unpaired) electrons. The van der Waals surface area contributed by atoms with Crippen LogP contribution in [0.1, 0.15) is 239 Å². The van der Waals surface area contributed by atoms with Crippen molar-refractivity contribution in [3.8, 4) is 0 Å². The summed E-state index contributed by atoms with van der Waals surface area (Å²) in [5, 5.41) is 0. The molecule has 0 aliphatic carbocycles. The minimum Gasteiger partial charge on any atom is -0.726 e. The quantitative estimate of drug-likeness (QED) is 0.0210. The summed E-state index contributed by atoms with van der Waals surface area (Å²) < 4.78 is 37.7. The molecule has 0 aliphatic heterocycles. The minimum absolute atomic E-state index is 0. The van der Waals surface area contributed by atoms with Gasteiger partial charge in [-0.3, -0.25) is 4.18 Å². The summed E-state index contributed by atoms with van der Waals surface area (Å²) in [6.45, 7) is 4.55. The van der Waals surface area contributed by atoms with Crippen LogP contribution in [0.4, 0.5) is 0 Å². The van der Waals surface area contributed by atoms with Crippen LogP contribution >= 0.6 is 0 Å². The molecule has 0 aliphatic rings. The molecule has 4 nitrogen and oxygen atoms in total. The summed E-state index contributed by atoms with van der Waals surface area (Å²) in [6.07, 6.45) is 51.2. The summed E-state index contributed by atoms with van der Waals surface area (Å²) in [5.41, 5.74) is 0. The Bertz CT molecular complexity index is 712. The Balaban J connectivity index is 0. The van der Waals surface area contributed by atoms with E-state index < -0.39 is 10.4 Å². The monoisotopic (exact) mass is 709 g/mol. The third kappa shape index (κ3) is 45.2. The van der Waals surface area contributed by atoms with Gasteiger partial charge >= 0.3 is 51.4 Å². The van der Waals surface area contributed by atoms with E-state index in [-0.39, 0.29) is 63.9 Å². The van der Waals surface area contributed by atoms with Crippen molar-refractivity contribution in [2.75, 3.05) is 6.61 Å². The van der Waals surface area contributed by atoms with Crippen molar-refractivity contribution in [3.05, 3.63) is 12.2 Å². The fourth-order valence-electron chi connectivity index (χ4n) is 6.64. The first-order chi connectivity index (χ1) is 22.5. The molecule has 0 amide bonds. The smallest absolute Gasteiger partial charge is 0.726 e. The first kappa shape index (κ1) is 50.4. The van der Waals surface area contributed by atoms with Gasteiger partial charge in [0.15, 0.2) is 0 Å². The molecule has 6 heteroatoms. The Morgan fingerprint density at radius 1 is 0.468 bits per heavy atom. The topological polar surface area (TPSA) is 66.4 Å². The van der Waals surface area contributed by atoms with E-state index in [0.29, 0.717) is 0 Å². The second kappa shape index (κ2) is 41.7. The number of hydrogen-bond donors (Lipinski definition) is 0. The fraction of sp³-hybridized carbons (Fsp3) is 0.951. The van der Waals surface area contributed by atoms with Crippen molar-refractivity contribution in [2.45, 2.75) is 239 Å². The molecule has 0 rings (SSSR count). The zero-order chi connectivity index (χ0) is 33.7. The molecule has 0 fully saturated rings. The van der Waals surface area contributed by atoms with Gasteiger partial charge in [0.2, 0.25) is 10.4 Å². The average molecular weight is 709 g/mol. The zero-order valence-electron chi connectivity index (χ0n) is 32.2. The van der Waals surface area contributed by atoms with Crippen molar-refractivity contribution in [2.24, 2.45) is 5.92 Å². The van der Waals surface area contributed by atoms with Gasteiger partial charge in [-0.1, -0.05) is 231 Å². The normalized spacial score (nSPS) is 12.6. The predicted molar refractivity (Wildman–Crippen MR) is 201 cm³/mol. The Labute approximate surface area is 339 Å². The molecule has 0 aromatic carbocycles. The van der Waals surface area contributed by atoms with E-state index in [1.54, 1.807) is 0 Å². The zero-order valence-corrected chi connectivity index (χ0v) is 36.2. The van der Waals surface area contributed by atoms with Crippen LogP contribution in [-0.2, 0) is 14.6 Å². The van der Waals surface area contributed by atoms with Gasteiger partial charge in [-0.05, 0) is 19.3 Å². The number of unbranched alkanes of at least 4 members (excludes halogenated alkanes) is 32. The molecule has 0 bridgehead atoms. The average Bonchev–Trinajstić information content (AvgIpc) is 3.03. The fourth-order valence-corrected chi connectivity index (χ4v) is 6.98. The van der Waals surface area contributed by atoms with E-state index in [1.807, 2.05) is 0 Å². The van der Waals surface area contributed by atoms with Crippen LogP contribution in [0.3, 0.4) is 0 Å². The van der Waals surface area contributed by atoms with Crippen LogP contribution in [0.25, 0.3) is 0 Å². The van der Waals surface area contributed by atoms with Gasteiger partial charge in [0, 0.05) is 5.92 Å². The molecule has 0 N–H and O–H groups in total. The van der Waals surface area contributed by atoms with Crippen LogP contribution in [0, 0.1) is 5.92 Å². The maximum atomic E-state index is 11.0. The first-order valence-electron chi connectivity index (χ1n) is 20.8. The second-order valence-corrected chi connectivity index (χ2v) is 15.5. The third-order valence-electron chi connectivity index (χ3n) is 9.74. The van der Waals surface area contributed by atoms with Crippen molar-refractivity contribution >= 4 is 10.4 Å². The van der Waals surface area contributed by atoms with Crippen molar-refractivity contribution in [3.63, 3.8) is 0 Å². The third-order valence-corrected chi connectivity index (χ3v) is 10.2. The Kier molecular flexibility index (Phi) is 44.6. The van der Waals surface area contributed by atoms with E-state index in [2.05, 4.69) is 30.2 Å². The summed E-state index contributed by atoms with van der Waals surface area (Å²) in [6, 6.07) is 0. The molecule has 0 spiro atoms. The Morgan fingerprint density at radius 3 is 1.04 bits per heavy atom. The molecule has 1 unspecified atom stereocenters. The van der Waals surface area contributed by atoms with Gasteiger partial charge in [-0.25, -0.2) is 8.42 Å². The summed E-state index contributed by atoms with van der Waals surface area (Å²) >= 11 is 0. The van der Waals surface area contributed by atoms with Crippen molar-refractivity contribution in [1.82, 2.24) is 0 Å². The maximum Gasteiger partial charge on any atom is 1.00 e. The Morgan fingerprint density at radius 2 is 0.745 bits per heavy atom. The molecule has 0 saturated heterocycles. The first-order valence-corrected chi connectivity index (χ1v) is 22.1. The molecule has 0 saturated carbocycles. The second-order valence-electron chi connectivity index (χ2n) is 14.4. The van der Waals surface area contributed by atoms with Crippen LogP contribution in [0.5, 0.6) is 0 Å². The van der Waals surface area contributed by atoms with Gasteiger partial charge < -0.3 is 4.55 Å². The molecule has 0 heterocycles. The molecule has 0 aromatic rings. The van der Waals surface area contributed by atoms with Crippen LogP contribution in [-0.4, -0.2) is 19.6 Å². The number of hydrogen-bond acceptors (Lipinski definition) is 4. The summed E-state index contributed by atoms with van der Waals surface area (Å²) in [5.74, 6) is 0.0149. The SMILES string of the molecule is CCCCCCCCCCCCCCCCC/C=C/C(CCCCCCCCCCCCCCCCCCCC)COS(=O)(=O)[O-].[K+]. The van der Waals surface area contributed by atoms with E-state index in [9.17, 15) is 13.0 Å². The molecule has 1 atom stereocenters. The predicted octanol–water partition coefficient (Wildman–Crippen LogP) is 11.3. The molecule has 276 valence electrons. The Hall–Kier alpha value is 1.25. The molecular weight excluding hydrogens is 628 g/mol. The molecule has 47 heavy (non-hydrogen) atoms. The summed E-state index contributed by atoms with van der Waals surface area (Å²) in [7, 11) is -4.63. The standard InChI is InChI=1S/C41H82O4S.K/c1-3-5-7-9-11-13-15-17-19-21-23-25-27-29-31-33-35-37-39-41(40-45-46(42,43)44)38-36-34-32-30-28-26-24-22-20-18-16-14-12-10-8-6-4-2;/h36,38,41H,3-35,37,39-40H2,1-2H3,(H,42,43,44);/q;+1/p-1/b38-36+;. The van der Waals surface area contributed by atoms with Gasteiger partial charge in [0.1, 0.15) is 0 Å². The van der Waals surface area contributed by atoms with E-state index in [0.717, 1.165) is 19.3 Å². The van der Waals surface area contributed by atoms with Gasteiger partial charge in [-0.2, -0.15) is 0 Å². The van der Waals surface area contributed by atoms with Crippen LogP contribution in [0.2, 0.25) is 0 Å². The van der Waals surface area contributed by atoms with Gasteiger partial charge in [-0.15, -0.1) is 0 Å².